The number of esters is 1. The monoisotopic (exact) mass is 599 g/mol. The smallest absolute Gasteiger partial charge is 0.387 e. The Morgan fingerprint density at radius 3 is 2.62 bits per heavy atom. The lowest BCUT2D eigenvalue weighted by atomic mass is 10.00. The van der Waals surface area contributed by atoms with E-state index in [1.165, 1.54) is 30.6 Å². The van der Waals surface area contributed by atoms with E-state index in [2.05, 4.69) is 15.0 Å². The van der Waals surface area contributed by atoms with E-state index in [1.807, 2.05) is 0 Å². The summed E-state index contributed by atoms with van der Waals surface area (Å²) in [6.45, 7) is -2.70. The molecule has 0 radical (unpaired) electrons. The lowest BCUT2D eigenvalue weighted by Gasteiger charge is -2.38. The number of ether oxygens (including phenoxy) is 3. The molecule has 2 saturated heterocycles. The van der Waals surface area contributed by atoms with E-state index in [4.69, 9.17) is 18.7 Å². The van der Waals surface area contributed by atoms with Crippen LogP contribution in [0.25, 0.3) is 21.5 Å². The second-order valence-corrected chi connectivity index (χ2v) is 12.0. The second kappa shape index (κ2) is 10.9. The Morgan fingerprint density at radius 2 is 1.90 bits per heavy atom. The standard InChI is InChI=1S/C30H28F3N3O5S/c1-38-28(37)16-10-22(31)26-24(11-16)42-30(34-26)36-17-8-9-18(36)13-19(12-17)39-14-21-25(35-41-27(21)15-6-7-15)20-4-2-3-5-23(20)40-29(32)33/h2-5,10-11,15,17-19,29H,6-9,12-14H2,1H3. The summed E-state index contributed by atoms with van der Waals surface area (Å²) >= 11 is 1.38. The van der Waals surface area contributed by atoms with E-state index in [9.17, 15) is 18.0 Å². The van der Waals surface area contributed by atoms with Gasteiger partial charge in [0.1, 0.15) is 22.7 Å². The zero-order chi connectivity index (χ0) is 29.0. The number of hydrogen-bond acceptors (Lipinski definition) is 9. The molecule has 220 valence electrons. The maximum Gasteiger partial charge on any atom is 0.387 e. The molecule has 8 nitrogen and oxygen atoms in total. The highest BCUT2D eigenvalue weighted by atomic mass is 32.1. The van der Waals surface area contributed by atoms with Crippen LogP contribution in [0.3, 0.4) is 0 Å². The van der Waals surface area contributed by atoms with E-state index in [1.54, 1.807) is 24.3 Å². The van der Waals surface area contributed by atoms with E-state index in [0.717, 1.165) is 55.0 Å². The van der Waals surface area contributed by atoms with E-state index in [-0.39, 0.29) is 47.5 Å². The molecule has 4 aromatic rings. The van der Waals surface area contributed by atoms with Gasteiger partial charge < -0.3 is 23.6 Å². The number of benzene rings is 2. The van der Waals surface area contributed by atoms with Crippen LogP contribution in [-0.2, 0) is 16.1 Å². The van der Waals surface area contributed by atoms with Crippen LogP contribution in [0.1, 0.15) is 66.1 Å². The predicted octanol–water partition coefficient (Wildman–Crippen LogP) is 7.07. The number of hydrogen-bond donors (Lipinski definition) is 0. The van der Waals surface area contributed by atoms with Crippen LogP contribution in [0.2, 0.25) is 0 Å². The van der Waals surface area contributed by atoms with Crippen molar-refractivity contribution in [3.63, 3.8) is 0 Å². The van der Waals surface area contributed by atoms with Gasteiger partial charge in [-0.3, -0.25) is 0 Å². The highest BCUT2D eigenvalue weighted by molar-refractivity contribution is 7.22. The second-order valence-electron chi connectivity index (χ2n) is 11.0. The summed E-state index contributed by atoms with van der Waals surface area (Å²) in [5.74, 6) is -0.0841. The Balaban J connectivity index is 1.09. The van der Waals surface area contributed by atoms with Crippen LogP contribution in [0.15, 0.2) is 40.9 Å². The molecule has 2 atom stereocenters. The van der Waals surface area contributed by atoms with E-state index >= 15 is 0 Å². The Kier molecular flexibility index (Phi) is 7.05. The number of para-hydroxylation sites is 1. The first-order valence-corrected chi connectivity index (χ1v) is 14.8. The Morgan fingerprint density at radius 1 is 1.14 bits per heavy atom. The van der Waals surface area contributed by atoms with Gasteiger partial charge in [0.15, 0.2) is 10.9 Å². The topological polar surface area (TPSA) is 86.9 Å². The van der Waals surface area contributed by atoms with Gasteiger partial charge >= 0.3 is 12.6 Å². The van der Waals surface area contributed by atoms with Crippen molar-refractivity contribution in [2.24, 2.45) is 0 Å². The average Bonchev–Trinajstić information content (AvgIpc) is 3.49. The van der Waals surface area contributed by atoms with Gasteiger partial charge in [-0.1, -0.05) is 28.6 Å². The largest absolute Gasteiger partial charge is 0.465 e. The van der Waals surface area contributed by atoms with Crippen LogP contribution < -0.4 is 9.64 Å². The first-order chi connectivity index (χ1) is 20.4. The van der Waals surface area contributed by atoms with Crippen LogP contribution in [0.4, 0.5) is 18.3 Å². The number of carbonyl (C=O) groups is 1. The van der Waals surface area contributed by atoms with Crippen LogP contribution in [0.5, 0.6) is 5.75 Å². The van der Waals surface area contributed by atoms with Crippen molar-refractivity contribution in [3.8, 4) is 17.0 Å². The first kappa shape index (κ1) is 27.2. The van der Waals surface area contributed by atoms with Gasteiger partial charge in [-0.05, 0) is 62.8 Å². The van der Waals surface area contributed by atoms with E-state index in [0.29, 0.717) is 16.0 Å². The minimum atomic E-state index is -2.96. The minimum Gasteiger partial charge on any atom is -0.465 e. The van der Waals surface area contributed by atoms with Crippen molar-refractivity contribution in [2.45, 2.75) is 75.8 Å². The Labute approximate surface area is 243 Å². The van der Waals surface area contributed by atoms with Gasteiger partial charge in [0.25, 0.3) is 0 Å². The third-order valence-electron chi connectivity index (χ3n) is 8.36. The summed E-state index contributed by atoms with van der Waals surface area (Å²) in [5, 5.41) is 5.01. The molecule has 0 N–H and O–H groups in total. The summed E-state index contributed by atoms with van der Waals surface area (Å²) < 4.78 is 63.3. The maximum atomic E-state index is 14.8. The van der Waals surface area contributed by atoms with Crippen molar-refractivity contribution >= 4 is 32.7 Å². The molecular formula is C30H28F3N3O5S. The Bertz CT molecular complexity index is 1620. The molecule has 3 aliphatic rings. The SMILES string of the molecule is COC(=O)c1cc(F)c2nc(N3C4CCC3CC(OCc3c(-c5ccccc5OC(F)F)noc3C3CC3)C4)sc2c1. The highest BCUT2D eigenvalue weighted by Gasteiger charge is 2.43. The summed E-state index contributed by atoms with van der Waals surface area (Å²) in [7, 11) is 1.27. The molecule has 7 rings (SSSR count). The zero-order valence-corrected chi connectivity index (χ0v) is 23.5. The molecule has 1 saturated carbocycles. The molecule has 4 heterocycles. The number of anilines is 1. The lowest BCUT2D eigenvalue weighted by molar-refractivity contribution is -0.0494. The van der Waals surface area contributed by atoms with Crippen molar-refractivity contribution < 1.29 is 36.7 Å². The number of nitrogens with zero attached hydrogens (tertiary/aromatic N) is 3. The van der Waals surface area contributed by atoms with Gasteiger partial charge in [-0.15, -0.1) is 0 Å². The number of thiazole rings is 1. The summed E-state index contributed by atoms with van der Waals surface area (Å²) in [5.41, 5.74) is 2.11. The summed E-state index contributed by atoms with van der Waals surface area (Å²) in [6.07, 6.45) is 5.44. The molecule has 2 aliphatic heterocycles. The van der Waals surface area contributed by atoms with Crippen molar-refractivity contribution in [1.29, 1.82) is 0 Å². The predicted molar refractivity (Wildman–Crippen MR) is 149 cm³/mol. The molecule has 42 heavy (non-hydrogen) atoms. The number of fused-ring (bicyclic) bond motifs is 3. The summed E-state index contributed by atoms with van der Waals surface area (Å²) in [4.78, 5) is 18.9. The fraction of sp³-hybridized carbons (Fsp3) is 0.433. The number of methoxy groups -OCH3 is 1. The normalized spacial score (nSPS) is 21.8. The highest BCUT2D eigenvalue weighted by Crippen LogP contribution is 2.47. The molecule has 12 heteroatoms. The van der Waals surface area contributed by atoms with Gasteiger partial charge in [0.05, 0.1) is 30.1 Å². The lowest BCUT2D eigenvalue weighted by Crippen LogP contribution is -2.45. The third-order valence-corrected chi connectivity index (χ3v) is 9.37. The number of piperidine rings is 1. The number of alkyl halides is 2. The molecule has 0 spiro atoms. The quantitative estimate of drug-likeness (QED) is 0.189. The fourth-order valence-corrected chi connectivity index (χ4v) is 7.46. The fourth-order valence-electron chi connectivity index (χ4n) is 6.30. The van der Waals surface area contributed by atoms with Gasteiger partial charge in [0, 0.05) is 29.1 Å². The minimum absolute atomic E-state index is 0.0295. The summed E-state index contributed by atoms with van der Waals surface area (Å²) in [6, 6.07) is 9.74. The van der Waals surface area contributed by atoms with Crippen molar-refractivity contribution in [3.05, 3.63) is 59.1 Å². The zero-order valence-electron chi connectivity index (χ0n) is 22.7. The first-order valence-electron chi connectivity index (χ1n) is 14.0. The average molecular weight is 600 g/mol. The van der Waals surface area contributed by atoms with Crippen molar-refractivity contribution in [2.75, 3.05) is 12.0 Å². The number of carbonyl (C=O) groups excluding carboxylic acids is 1. The third kappa shape index (κ3) is 5.00. The number of aromatic nitrogens is 2. The molecule has 2 bridgehead atoms. The molecular weight excluding hydrogens is 571 g/mol. The Hall–Kier alpha value is -3.64. The van der Waals surface area contributed by atoms with Crippen molar-refractivity contribution in [1.82, 2.24) is 10.1 Å². The van der Waals surface area contributed by atoms with E-state index < -0.39 is 18.4 Å². The molecule has 3 fully saturated rings. The molecule has 0 amide bonds. The van der Waals surface area contributed by atoms with Gasteiger partial charge in [0.2, 0.25) is 0 Å². The van der Waals surface area contributed by atoms with Gasteiger partial charge in [-0.25, -0.2) is 14.2 Å². The maximum absolute atomic E-state index is 14.8. The number of halogens is 3. The molecule has 2 aromatic heterocycles. The molecule has 1 aliphatic carbocycles. The number of rotatable bonds is 9. The van der Waals surface area contributed by atoms with Gasteiger partial charge in [-0.2, -0.15) is 8.78 Å². The molecule has 2 unspecified atom stereocenters. The molecule has 2 aromatic carbocycles. The van der Waals surface area contributed by atoms with Crippen LogP contribution in [-0.4, -0.2) is 48.0 Å². The van der Waals surface area contributed by atoms with Crippen LogP contribution >= 0.6 is 11.3 Å². The van der Waals surface area contributed by atoms with Crippen LogP contribution in [0, 0.1) is 5.82 Å².